The van der Waals surface area contributed by atoms with Crippen molar-refractivity contribution in [1.29, 1.82) is 5.26 Å². The molecule has 0 atom stereocenters. The lowest BCUT2D eigenvalue weighted by Crippen LogP contribution is -2.00. The van der Waals surface area contributed by atoms with Crippen LogP contribution < -0.4 is 0 Å². The fraction of sp³-hybridized carbons (Fsp3) is 0. The lowest BCUT2D eigenvalue weighted by atomic mass is 10.2. The number of aromatic carboxylic acids is 1. The van der Waals surface area contributed by atoms with Gasteiger partial charge in [-0.05, 0) is 30.3 Å². The number of rotatable bonds is 2. The molecule has 0 spiro atoms. The average molecular weight is 212 g/mol. The van der Waals surface area contributed by atoms with Crippen molar-refractivity contribution >= 4 is 5.97 Å². The van der Waals surface area contributed by atoms with E-state index in [2.05, 4.69) is 0 Å². The van der Waals surface area contributed by atoms with Gasteiger partial charge in [0.1, 0.15) is 11.8 Å². The van der Waals surface area contributed by atoms with E-state index < -0.39 is 5.97 Å². The quantitative estimate of drug-likeness (QED) is 0.828. The van der Waals surface area contributed by atoms with Crippen LogP contribution in [0.25, 0.3) is 5.69 Å². The molecular formula is C12H8N2O2. The fourth-order valence-corrected chi connectivity index (χ4v) is 1.49. The normalized spacial score (nSPS) is 9.69. The lowest BCUT2D eigenvalue weighted by Gasteiger charge is -2.05. The summed E-state index contributed by atoms with van der Waals surface area (Å²) >= 11 is 0. The molecule has 0 unspecified atom stereocenters. The second kappa shape index (κ2) is 3.91. The number of nitrogens with zero attached hydrogens (tertiary/aromatic N) is 2. The van der Waals surface area contributed by atoms with E-state index >= 15 is 0 Å². The molecular weight excluding hydrogens is 204 g/mol. The molecule has 16 heavy (non-hydrogen) atoms. The van der Waals surface area contributed by atoms with Crippen LogP contribution in [0.1, 0.15) is 16.1 Å². The Bertz CT molecular complexity index is 579. The number of carboxylic acids is 1. The highest BCUT2D eigenvalue weighted by molar-refractivity contribution is 5.88. The van der Waals surface area contributed by atoms with Crippen LogP contribution in [0.4, 0.5) is 0 Å². The first-order chi connectivity index (χ1) is 7.72. The third-order valence-corrected chi connectivity index (χ3v) is 2.23. The highest BCUT2D eigenvalue weighted by Crippen LogP contribution is 2.13. The standard InChI is InChI=1S/C12H8N2O2/c13-8-11-5-2-6-14(11)10-4-1-3-9(7-10)12(15)16/h1-7H,(H,15,16). The van der Waals surface area contributed by atoms with E-state index in [-0.39, 0.29) is 5.56 Å². The second-order valence-electron chi connectivity index (χ2n) is 3.23. The first-order valence-corrected chi connectivity index (χ1v) is 4.63. The zero-order chi connectivity index (χ0) is 11.5. The lowest BCUT2D eigenvalue weighted by molar-refractivity contribution is 0.0697. The fourth-order valence-electron chi connectivity index (χ4n) is 1.49. The van der Waals surface area contributed by atoms with E-state index in [9.17, 15) is 4.79 Å². The van der Waals surface area contributed by atoms with Crippen molar-refractivity contribution in [3.8, 4) is 11.8 Å². The molecule has 2 aromatic rings. The third-order valence-electron chi connectivity index (χ3n) is 2.23. The van der Waals surface area contributed by atoms with Crippen LogP contribution in [0.5, 0.6) is 0 Å². The Morgan fingerprint density at radius 3 is 2.81 bits per heavy atom. The van der Waals surface area contributed by atoms with Gasteiger partial charge in [-0.25, -0.2) is 4.79 Å². The van der Waals surface area contributed by atoms with Gasteiger partial charge >= 0.3 is 5.97 Å². The van der Waals surface area contributed by atoms with Crippen LogP contribution >= 0.6 is 0 Å². The molecule has 0 aliphatic carbocycles. The predicted molar refractivity (Wildman–Crippen MR) is 57.4 cm³/mol. The van der Waals surface area contributed by atoms with Crippen LogP contribution in [0.3, 0.4) is 0 Å². The van der Waals surface area contributed by atoms with Crippen LogP contribution in [0, 0.1) is 11.3 Å². The topological polar surface area (TPSA) is 66.0 Å². The van der Waals surface area contributed by atoms with E-state index in [1.54, 1.807) is 35.0 Å². The molecule has 4 heteroatoms. The molecule has 1 heterocycles. The first-order valence-electron chi connectivity index (χ1n) is 4.63. The van der Waals surface area contributed by atoms with Crippen molar-refractivity contribution in [3.63, 3.8) is 0 Å². The zero-order valence-electron chi connectivity index (χ0n) is 8.29. The maximum absolute atomic E-state index is 10.8. The van der Waals surface area contributed by atoms with E-state index in [1.165, 1.54) is 12.1 Å². The van der Waals surface area contributed by atoms with Crippen LogP contribution in [-0.4, -0.2) is 15.6 Å². The molecule has 0 fully saturated rings. The van der Waals surface area contributed by atoms with Gasteiger partial charge < -0.3 is 9.67 Å². The van der Waals surface area contributed by atoms with Crippen molar-refractivity contribution in [1.82, 2.24) is 4.57 Å². The minimum absolute atomic E-state index is 0.204. The maximum atomic E-state index is 10.8. The molecule has 0 aliphatic rings. The summed E-state index contributed by atoms with van der Waals surface area (Å²) in [7, 11) is 0. The summed E-state index contributed by atoms with van der Waals surface area (Å²) < 4.78 is 1.65. The maximum Gasteiger partial charge on any atom is 0.335 e. The van der Waals surface area contributed by atoms with Gasteiger partial charge in [-0.15, -0.1) is 0 Å². The van der Waals surface area contributed by atoms with Gasteiger partial charge in [-0.1, -0.05) is 6.07 Å². The number of hydrogen-bond acceptors (Lipinski definition) is 2. The summed E-state index contributed by atoms with van der Waals surface area (Å²) in [5.74, 6) is -0.979. The van der Waals surface area contributed by atoms with Crippen molar-refractivity contribution in [2.45, 2.75) is 0 Å². The molecule has 0 saturated carbocycles. The number of benzene rings is 1. The molecule has 1 aromatic carbocycles. The summed E-state index contributed by atoms with van der Waals surface area (Å²) in [6.07, 6.45) is 1.72. The highest BCUT2D eigenvalue weighted by Gasteiger charge is 2.06. The summed E-state index contributed by atoms with van der Waals surface area (Å²) in [5.41, 5.74) is 1.35. The van der Waals surface area contributed by atoms with Crippen LogP contribution in [0.2, 0.25) is 0 Å². The summed E-state index contributed by atoms with van der Waals surface area (Å²) in [6, 6.07) is 11.9. The zero-order valence-corrected chi connectivity index (χ0v) is 8.29. The van der Waals surface area contributed by atoms with E-state index in [1.807, 2.05) is 6.07 Å². The Labute approximate surface area is 92.0 Å². The Kier molecular flexibility index (Phi) is 2.44. The van der Waals surface area contributed by atoms with E-state index in [0.29, 0.717) is 11.4 Å². The molecule has 1 aromatic heterocycles. The number of hydrogen-bond donors (Lipinski definition) is 1. The predicted octanol–water partition coefficient (Wildman–Crippen LogP) is 2.05. The van der Waals surface area contributed by atoms with Gasteiger partial charge in [0, 0.05) is 11.9 Å². The monoisotopic (exact) mass is 212 g/mol. The number of carboxylic acid groups (broad SMARTS) is 1. The van der Waals surface area contributed by atoms with Crippen molar-refractivity contribution in [2.24, 2.45) is 0 Å². The highest BCUT2D eigenvalue weighted by atomic mass is 16.4. The minimum atomic E-state index is -0.979. The molecule has 1 N–H and O–H groups in total. The van der Waals surface area contributed by atoms with Gasteiger partial charge in [0.2, 0.25) is 0 Å². The summed E-state index contributed by atoms with van der Waals surface area (Å²) in [5, 5.41) is 17.7. The Morgan fingerprint density at radius 2 is 2.12 bits per heavy atom. The molecule has 0 amide bonds. The molecule has 4 nitrogen and oxygen atoms in total. The smallest absolute Gasteiger partial charge is 0.335 e. The molecule has 0 radical (unpaired) electrons. The number of carbonyl (C=O) groups is 1. The molecule has 78 valence electrons. The molecule has 0 bridgehead atoms. The van der Waals surface area contributed by atoms with E-state index in [4.69, 9.17) is 10.4 Å². The second-order valence-corrected chi connectivity index (χ2v) is 3.23. The van der Waals surface area contributed by atoms with Crippen molar-refractivity contribution in [3.05, 3.63) is 53.9 Å². The Hall–Kier alpha value is -2.54. The Morgan fingerprint density at radius 1 is 1.31 bits per heavy atom. The minimum Gasteiger partial charge on any atom is -0.478 e. The van der Waals surface area contributed by atoms with Gasteiger partial charge in [0.25, 0.3) is 0 Å². The largest absolute Gasteiger partial charge is 0.478 e. The third kappa shape index (κ3) is 1.66. The number of aromatic nitrogens is 1. The van der Waals surface area contributed by atoms with Crippen LogP contribution in [-0.2, 0) is 0 Å². The van der Waals surface area contributed by atoms with Gasteiger partial charge in [0.05, 0.1) is 5.56 Å². The summed E-state index contributed by atoms with van der Waals surface area (Å²) in [6.45, 7) is 0. The molecule has 2 rings (SSSR count). The first kappa shape index (κ1) is 9.99. The van der Waals surface area contributed by atoms with Gasteiger partial charge in [0.15, 0.2) is 0 Å². The van der Waals surface area contributed by atoms with Gasteiger partial charge in [-0.2, -0.15) is 5.26 Å². The van der Waals surface area contributed by atoms with Crippen molar-refractivity contribution < 1.29 is 9.90 Å². The van der Waals surface area contributed by atoms with Gasteiger partial charge in [-0.3, -0.25) is 0 Å². The van der Waals surface area contributed by atoms with Crippen molar-refractivity contribution in [2.75, 3.05) is 0 Å². The average Bonchev–Trinajstić information content (AvgIpc) is 2.77. The molecule has 0 aliphatic heterocycles. The summed E-state index contributed by atoms with van der Waals surface area (Å²) in [4.78, 5) is 10.8. The van der Waals surface area contributed by atoms with Crippen LogP contribution in [0.15, 0.2) is 42.6 Å². The van der Waals surface area contributed by atoms with E-state index in [0.717, 1.165) is 0 Å². The number of nitriles is 1. The SMILES string of the molecule is N#Cc1cccn1-c1cccc(C(=O)O)c1. The Balaban J connectivity index is 2.53. The molecule has 0 saturated heterocycles.